The van der Waals surface area contributed by atoms with Crippen LogP contribution in [0.4, 0.5) is 0 Å². The summed E-state index contributed by atoms with van der Waals surface area (Å²) >= 11 is 0. The lowest BCUT2D eigenvalue weighted by atomic mass is 9.34. The second-order valence-electron chi connectivity index (χ2n) is 17.1. The minimum absolute atomic E-state index is 0.112. The van der Waals surface area contributed by atoms with Gasteiger partial charge in [0.25, 0.3) is 6.71 Å². The van der Waals surface area contributed by atoms with E-state index in [1.54, 1.807) is 0 Å². The minimum atomic E-state index is -0.156. The third kappa shape index (κ3) is 3.57. The van der Waals surface area contributed by atoms with Crippen molar-refractivity contribution in [3.8, 4) is 17.2 Å². The summed E-state index contributed by atoms with van der Waals surface area (Å²) in [6, 6.07) is 33.6. The van der Waals surface area contributed by atoms with Crippen molar-refractivity contribution in [1.29, 1.82) is 0 Å². The zero-order valence-electron chi connectivity index (χ0n) is 30.4. The van der Waals surface area contributed by atoms with Gasteiger partial charge in [-0.3, -0.25) is 8.97 Å². The number of fused-ring (bicyclic) bond motifs is 16. The Labute approximate surface area is 297 Å². The number of hydrogen-bond donors (Lipinski definition) is 0. The van der Waals surface area contributed by atoms with Crippen LogP contribution in [0.25, 0.3) is 66.0 Å². The summed E-state index contributed by atoms with van der Waals surface area (Å²) in [5, 5.41) is 6.05. The highest BCUT2D eigenvalue weighted by molar-refractivity contribution is 7.01. The van der Waals surface area contributed by atoms with E-state index in [2.05, 4.69) is 155 Å². The molecule has 248 valence electrons. The van der Waals surface area contributed by atoms with Crippen LogP contribution in [0.2, 0.25) is 0 Å². The molecule has 0 amide bonds. The van der Waals surface area contributed by atoms with Crippen molar-refractivity contribution >= 4 is 83.4 Å². The van der Waals surface area contributed by atoms with Gasteiger partial charge in [-0.05, 0) is 99.5 Å². The van der Waals surface area contributed by atoms with E-state index in [9.17, 15) is 0 Å². The number of hydrogen-bond acceptors (Lipinski definition) is 2. The summed E-state index contributed by atoms with van der Waals surface area (Å²) < 4.78 is 19.3. The van der Waals surface area contributed by atoms with Gasteiger partial charge in [-0.25, -0.2) is 0 Å². The predicted octanol–water partition coefficient (Wildman–Crippen LogP) is 10.2. The van der Waals surface area contributed by atoms with Crippen LogP contribution in [0.5, 0.6) is 11.5 Å². The van der Waals surface area contributed by atoms with Gasteiger partial charge in [0.15, 0.2) is 0 Å². The molecule has 11 rings (SSSR count). The van der Waals surface area contributed by atoms with E-state index in [0.717, 1.165) is 38.9 Å². The fourth-order valence-electron chi connectivity index (χ4n) is 9.40. The number of nitrogens with zero attached hydrogens (tertiary/aromatic N) is 2. The fourth-order valence-corrected chi connectivity index (χ4v) is 9.40. The maximum Gasteiger partial charge on any atom is 0.264 e. The van der Waals surface area contributed by atoms with Crippen molar-refractivity contribution in [2.45, 2.75) is 66.2 Å². The van der Waals surface area contributed by atoms with Crippen LogP contribution in [-0.2, 0) is 10.8 Å². The molecule has 0 bridgehead atoms. The molecule has 0 atom stereocenters. The average Bonchev–Trinajstić information content (AvgIpc) is 3.74. The van der Waals surface area contributed by atoms with Gasteiger partial charge in [0, 0.05) is 27.2 Å². The van der Waals surface area contributed by atoms with Crippen molar-refractivity contribution in [2.75, 3.05) is 0 Å². The Hall–Kier alpha value is -5.42. The Kier molecular flexibility index (Phi) is 5.33. The molecule has 5 heteroatoms. The molecule has 0 saturated carbocycles. The second-order valence-corrected chi connectivity index (χ2v) is 17.1. The zero-order chi connectivity index (χ0) is 34.9. The van der Waals surface area contributed by atoms with Gasteiger partial charge in [0.1, 0.15) is 28.3 Å². The van der Waals surface area contributed by atoms with Gasteiger partial charge in [-0.2, -0.15) is 0 Å². The Morgan fingerprint density at radius 2 is 1.29 bits per heavy atom. The summed E-state index contributed by atoms with van der Waals surface area (Å²) in [6.07, 6.45) is 0. The predicted molar refractivity (Wildman–Crippen MR) is 215 cm³/mol. The van der Waals surface area contributed by atoms with E-state index in [0.29, 0.717) is 0 Å². The van der Waals surface area contributed by atoms with Crippen LogP contribution in [0, 0.1) is 13.8 Å². The molecule has 5 heterocycles. The van der Waals surface area contributed by atoms with Gasteiger partial charge < -0.3 is 9.15 Å². The molecule has 2 aliphatic heterocycles. The molecule has 0 unspecified atom stereocenters. The molecule has 3 aromatic heterocycles. The first-order valence-corrected chi connectivity index (χ1v) is 18.2. The molecule has 0 aliphatic carbocycles. The highest BCUT2D eigenvalue weighted by atomic mass is 16.5. The maximum absolute atomic E-state index is 7.27. The van der Waals surface area contributed by atoms with E-state index in [-0.39, 0.29) is 17.5 Å². The number of aromatic nitrogens is 2. The smallest absolute Gasteiger partial charge is 0.264 e. The normalized spacial score (nSPS) is 14.0. The lowest BCUT2D eigenvalue weighted by Crippen LogP contribution is -2.59. The monoisotopic (exact) mass is 662 g/mol. The Morgan fingerprint density at radius 3 is 2.06 bits per heavy atom. The first kappa shape index (κ1) is 29.3. The SMILES string of the molecule is Cc1cc2c(cc1C)n1c3c(ccc4ccccc43)c3c1n2-c1c(C(C)(C)C)cc(C(C)(C)C)c2c1B3c1c(ccc3c1oc1ccccc13)O2. The quantitative estimate of drug-likeness (QED) is 0.151. The molecule has 9 aromatic rings. The van der Waals surface area contributed by atoms with Crippen molar-refractivity contribution in [1.82, 2.24) is 8.97 Å². The number of furan rings is 1. The van der Waals surface area contributed by atoms with Gasteiger partial charge in [0.2, 0.25) is 0 Å². The highest BCUT2D eigenvalue weighted by Gasteiger charge is 2.48. The Morgan fingerprint density at radius 1 is 0.608 bits per heavy atom. The molecule has 0 radical (unpaired) electrons. The molecular weight excluding hydrogens is 623 g/mol. The first-order valence-electron chi connectivity index (χ1n) is 18.2. The summed E-state index contributed by atoms with van der Waals surface area (Å²) in [4.78, 5) is 0. The van der Waals surface area contributed by atoms with Crippen LogP contribution in [0.15, 0.2) is 95.4 Å². The standard InChI is InChI=1S/C46H39BN2O2/c1-24-21-33-34(22-25(24)2)49-41-31(45(3,4)5)23-32(46(6,7)8)43-39(41)47(37-30-18-17-26-13-9-10-14-27(26)40(30)48(33)44(37)49)38-36(51-43)20-19-29-28-15-11-12-16-35(28)50-42(29)38/h9-23H,1-8H3. The topological polar surface area (TPSA) is 31.7 Å². The van der Waals surface area contributed by atoms with E-state index in [1.165, 1.54) is 77.2 Å². The lowest BCUT2D eigenvalue weighted by molar-refractivity contribution is 0.457. The average molecular weight is 663 g/mol. The maximum atomic E-state index is 7.27. The van der Waals surface area contributed by atoms with E-state index in [1.807, 2.05) is 0 Å². The van der Waals surface area contributed by atoms with Crippen LogP contribution in [0.1, 0.15) is 63.8 Å². The number of ether oxygens (including phenoxy) is 1. The molecule has 0 N–H and O–H groups in total. The van der Waals surface area contributed by atoms with Crippen LogP contribution >= 0.6 is 0 Å². The van der Waals surface area contributed by atoms with Gasteiger partial charge in [-0.15, -0.1) is 0 Å². The molecule has 2 aliphatic rings. The summed E-state index contributed by atoms with van der Waals surface area (Å²) in [7, 11) is 0. The zero-order valence-corrected chi connectivity index (χ0v) is 30.4. The molecule has 0 spiro atoms. The molecule has 0 fully saturated rings. The van der Waals surface area contributed by atoms with E-state index < -0.39 is 0 Å². The Bertz CT molecular complexity index is 3050. The molecule has 6 aromatic carbocycles. The first-order chi connectivity index (χ1) is 24.4. The summed E-state index contributed by atoms with van der Waals surface area (Å²) in [5.74, 6) is 1.87. The van der Waals surface area contributed by atoms with Crippen molar-refractivity contribution in [2.24, 2.45) is 0 Å². The third-order valence-corrected chi connectivity index (χ3v) is 11.9. The van der Waals surface area contributed by atoms with Gasteiger partial charge >= 0.3 is 0 Å². The highest BCUT2D eigenvalue weighted by Crippen LogP contribution is 2.47. The molecule has 4 nitrogen and oxygen atoms in total. The number of rotatable bonds is 0. The lowest BCUT2D eigenvalue weighted by Gasteiger charge is -2.39. The largest absolute Gasteiger partial charge is 0.458 e. The minimum Gasteiger partial charge on any atom is -0.458 e. The van der Waals surface area contributed by atoms with E-state index >= 15 is 0 Å². The molecule has 51 heavy (non-hydrogen) atoms. The molecule has 0 saturated heterocycles. The Balaban J connectivity index is 1.46. The number of para-hydroxylation sites is 1. The number of aryl methyl sites for hydroxylation is 2. The van der Waals surface area contributed by atoms with Crippen LogP contribution in [-0.4, -0.2) is 15.7 Å². The van der Waals surface area contributed by atoms with Crippen LogP contribution in [0.3, 0.4) is 0 Å². The van der Waals surface area contributed by atoms with Crippen molar-refractivity contribution in [3.63, 3.8) is 0 Å². The second kappa shape index (κ2) is 9.27. The van der Waals surface area contributed by atoms with Gasteiger partial charge in [0.05, 0.1) is 22.2 Å². The van der Waals surface area contributed by atoms with Crippen molar-refractivity contribution < 1.29 is 9.15 Å². The summed E-state index contributed by atoms with van der Waals surface area (Å²) in [6.45, 7) is 18.4. The fraction of sp³-hybridized carbons (Fsp3) is 0.217. The number of benzene rings is 6. The molecular formula is C46H39BN2O2. The number of imidazole rings is 1. The van der Waals surface area contributed by atoms with Crippen LogP contribution < -0.4 is 21.1 Å². The van der Waals surface area contributed by atoms with Crippen molar-refractivity contribution in [3.05, 3.63) is 113 Å². The van der Waals surface area contributed by atoms with Gasteiger partial charge in [-0.1, -0.05) is 96.1 Å². The third-order valence-electron chi connectivity index (χ3n) is 11.9. The summed E-state index contributed by atoms with van der Waals surface area (Å²) in [5.41, 5.74) is 16.6. The van der Waals surface area contributed by atoms with E-state index in [4.69, 9.17) is 9.15 Å².